The van der Waals surface area contributed by atoms with Crippen molar-refractivity contribution in [3.8, 4) is 21.7 Å². The van der Waals surface area contributed by atoms with Gasteiger partial charge in [-0.05, 0) is 29.6 Å². The zero-order chi connectivity index (χ0) is 14.3. The van der Waals surface area contributed by atoms with Crippen molar-refractivity contribution in [1.29, 1.82) is 0 Å². The Kier molecular flexibility index (Phi) is 3.35. The van der Waals surface area contributed by atoms with E-state index < -0.39 is 0 Å². The highest BCUT2D eigenvalue weighted by molar-refractivity contribution is 9.10. The summed E-state index contributed by atoms with van der Waals surface area (Å²) in [6.45, 7) is 0. The van der Waals surface area contributed by atoms with E-state index in [4.69, 9.17) is 5.73 Å². The number of halogens is 2. The fourth-order valence-corrected chi connectivity index (χ4v) is 3.28. The van der Waals surface area contributed by atoms with Gasteiger partial charge in [0.25, 0.3) is 0 Å². The van der Waals surface area contributed by atoms with E-state index in [0.717, 1.165) is 14.9 Å². The lowest BCUT2D eigenvalue weighted by Crippen LogP contribution is -1.97. The van der Waals surface area contributed by atoms with E-state index >= 15 is 0 Å². The molecule has 0 saturated heterocycles. The molecule has 0 bridgehead atoms. The van der Waals surface area contributed by atoms with Crippen LogP contribution in [0.1, 0.15) is 0 Å². The minimum Gasteiger partial charge on any atom is -0.383 e. The third-order valence-corrected chi connectivity index (χ3v) is 4.62. The Morgan fingerprint density at radius 3 is 2.85 bits per heavy atom. The van der Waals surface area contributed by atoms with E-state index in [-0.39, 0.29) is 5.82 Å². The molecule has 0 spiro atoms. The molecule has 3 aromatic rings. The number of benzene rings is 1. The quantitative estimate of drug-likeness (QED) is 0.747. The minimum absolute atomic E-state index is 0.301. The number of rotatable bonds is 2. The number of anilines is 1. The normalized spacial score (nSPS) is 10.9. The lowest BCUT2D eigenvalue weighted by atomic mass is 10.1. The Hall–Kier alpha value is -1.66. The third kappa shape index (κ3) is 2.14. The number of aryl methyl sites for hydroxylation is 1. The lowest BCUT2D eigenvalue weighted by molar-refractivity contribution is 0.628. The highest BCUT2D eigenvalue weighted by atomic mass is 79.9. The van der Waals surface area contributed by atoms with Crippen molar-refractivity contribution in [2.75, 3.05) is 5.73 Å². The van der Waals surface area contributed by atoms with E-state index in [0.29, 0.717) is 17.1 Å². The van der Waals surface area contributed by atoms with Gasteiger partial charge in [0, 0.05) is 22.0 Å². The maximum absolute atomic E-state index is 13.5. The fraction of sp³-hybridized carbons (Fsp3) is 0.0714. The number of nitrogens with two attached hydrogens (primary N) is 1. The number of hydrogen-bond donors (Lipinski definition) is 1. The number of aromatic nitrogens is 2. The molecule has 6 heteroatoms. The molecule has 2 N–H and O–H groups in total. The Labute approximate surface area is 128 Å². The highest BCUT2D eigenvalue weighted by Gasteiger charge is 2.20. The number of hydrogen-bond acceptors (Lipinski definition) is 3. The molecule has 0 aliphatic heterocycles. The molecular formula is C14H11BrFN3S. The SMILES string of the molecule is Cn1nc(-c2cc(F)ccc2Br)c(-c2cccs2)c1N. The average molecular weight is 352 g/mol. The topological polar surface area (TPSA) is 43.8 Å². The van der Waals surface area contributed by atoms with Gasteiger partial charge in [0.1, 0.15) is 17.3 Å². The molecule has 0 radical (unpaired) electrons. The summed E-state index contributed by atoms with van der Waals surface area (Å²) in [4.78, 5) is 1.02. The van der Waals surface area contributed by atoms with Gasteiger partial charge in [0.2, 0.25) is 0 Å². The molecule has 3 nitrogen and oxygen atoms in total. The van der Waals surface area contributed by atoms with Crippen LogP contribution in [0.15, 0.2) is 40.2 Å². The first-order valence-electron chi connectivity index (χ1n) is 5.89. The summed E-state index contributed by atoms with van der Waals surface area (Å²) in [5, 5.41) is 6.42. The van der Waals surface area contributed by atoms with Crippen LogP contribution in [0.25, 0.3) is 21.7 Å². The molecule has 20 heavy (non-hydrogen) atoms. The first-order valence-corrected chi connectivity index (χ1v) is 7.57. The minimum atomic E-state index is -0.301. The van der Waals surface area contributed by atoms with Crippen LogP contribution in [0.2, 0.25) is 0 Å². The van der Waals surface area contributed by atoms with Crippen molar-refractivity contribution in [2.45, 2.75) is 0 Å². The van der Waals surface area contributed by atoms with Crippen LogP contribution in [0.3, 0.4) is 0 Å². The summed E-state index contributed by atoms with van der Waals surface area (Å²) in [6.07, 6.45) is 0. The number of thiophene rings is 1. The Bertz CT molecular complexity index is 765. The smallest absolute Gasteiger partial charge is 0.130 e. The highest BCUT2D eigenvalue weighted by Crippen LogP contribution is 2.40. The molecule has 0 aliphatic rings. The van der Waals surface area contributed by atoms with E-state index in [9.17, 15) is 4.39 Å². The van der Waals surface area contributed by atoms with E-state index in [1.807, 2.05) is 17.5 Å². The van der Waals surface area contributed by atoms with Gasteiger partial charge in [-0.15, -0.1) is 11.3 Å². The second-order valence-corrected chi connectivity index (χ2v) is 6.14. The molecule has 102 valence electrons. The summed E-state index contributed by atoms with van der Waals surface area (Å²) in [6, 6.07) is 8.48. The molecule has 2 heterocycles. The molecule has 1 aromatic carbocycles. The van der Waals surface area contributed by atoms with E-state index in [1.165, 1.54) is 12.1 Å². The predicted molar refractivity (Wildman–Crippen MR) is 84.0 cm³/mol. The maximum Gasteiger partial charge on any atom is 0.130 e. The summed E-state index contributed by atoms with van der Waals surface area (Å²) in [7, 11) is 1.78. The number of nitrogen functional groups attached to an aromatic ring is 1. The summed E-state index contributed by atoms with van der Waals surface area (Å²) < 4.78 is 15.9. The number of nitrogens with zero attached hydrogens (tertiary/aromatic N) is 2. The van der Waals surface area contributed by atoms with Crippen LogP contribution < -0.4 is 5.73 Å². The monoisotopic (exact) mass is 351 g/mol. The average Bonchev–Trinajstić information content (AvgIpc) is 3.02. The zero-order valence-corrected chi connectivity index (χ0v) is 13.0. The predicted octanol–water partition coefficient (Wildman–Crippen LogP) is 4.30. The van der Waals surface area contributed by atoms with Crippen LogP contribution in [0.5, 0.6) is 0 Å². The molecule has 0 aliphatic carbocycles. The second kappa shape index (κ2) is 5.03. The van der Waals surface area contributed by atoms with Crippen molar-refractivity contribution in [3.05, 3.63) is 46.0 Å². The zero-order valence-electron chi connectivity index (χ0n) is 10.6. The van der Waals surface area contributed by atoms with Crippen LogP contribution in [0, 0.1) is 5.82 Å². The molecule has 0 amide bonds. The van der Waals surface area contributed by atoms with Crippen molar-refractivity contribution < 1.29 is 4.39 Å². The van der Waals surface area contributed by atoms with Crippen LogP contribution in [0.4, 0.5) is 10.2 Å². The molecule has 0 unspecified atom stereocenters. The van der Waals surface area contributed by atoms with Gasteiger partial charge in [-0.3, -0.25) is 4.68 Å². The van der Waals surface area contributed by atoms with Gasteiger partial charge in [-0.1, -0.05) is 22.0 Å². The van der Waals surface area contributed by atoms with Crippen LogP contribution in [-0.2, 0) is 7.05 Å². The van der Waals surface area contributed by atoms with Gasteiger partial charge < -0.3 is 5.73 Å². The first kappa shape index (κ1) is 13.3. The van der Waals surface area contributed by atoms with Crippen molar-refractivity contribution in [3.63, 3.8) is 0 Å². The van der Waals surface area contributed by atoms with E-state index in [1.54, 1.807) is 29.1 Å². The fourth-order valence-electron chi connectivity index (χ4n) is 2.07. The lowest BCUT2D eigenvalue weighted by Gasteiger charge is -2.04. The summed E-state index contributed by atoms with van der Waals surface area (Å²) in [5.41, 5.74) is 8.33. The van der Waals surface area contributed by atoms with Gasteiger partial charge in [0.15, 0.2) is 0 Å². The largest absolute Gasteiger partial charge is 0.383 e. The van der Waals surface area contributed by atoms with Crippen molar-refractivity contribution >= 4 is 33.1 Å². The van der Waals surface area contributed by atoms with Crippen LogP contribution >= 0.6 is 27.3 Å². The second-order valence-electron chi connectivity index (χ2n) is 4.33. The Morgan fingerprint density at radius 1 is 1.35 bits per heavy atom. The Morgan fingerprint density at radius 2 is 2.15 bits per heavy atom. The van der Waals surface area contributed by atoms with Crippen molar-refractivity contribution in [1.82, 2.24) is 9.78 Å². The standard InChI is InChI=1S/C14H11BrFN3S/c1-19-14(17)12(11-3-2-6-20-11)13(18-19)9-7-8(16)4-5-10(9)15/h2-7H,17H2,1H3. The molecule has 3 rings (SSSR count). The van der Waals surface area contributed by atoms with Gasteiger partial charge in [-0.25, -0.2) is 4.39 Å². The van der Waals surface area contributed by atoms with Gasteiger partial charge in [-0.2, -0.15) is 5.10 Å². The molecule has 0 saturated carbocycles. The summed E-state index contributed by atoms with van der Waals surface area (Å²) >= 11 is 5.03. The Balaban J connectivity index is 2.30. The van der Waals surface area contributed by atoms with Crippen molar-refractivity contribution in [2.24, 2.45) is 7.05 Å². The molecule has 2 aromatic heterocycles. The van der Waals surface area contributed by atoms with Gasteiger partial charge >= 0.3 is 0 Å². The molecule has 0 fully saturated rings. The third-order valence-electron chi connectivity index (χ3n) is 3.04. The molecule has 0 atom stereocenters. The maximum atomic E-state index is 13.5. The summed E-state index contributed by atoms with van der Waals surface area (Å²) in [5.74, 6) is 0.267. The first-order chi connectivity index (χ1) is 9.58. The van der Waals surface area contributed by atoms with Gasteiger partial charge in [0.05, 0.1) is 5.56 Å². The van der Waals surface area contributed by atoms with E-state index in [2.05, 4.69) is 21.0 Å². The molecular weight excluding hydrogens is 341 g/mol. The van der Waals surface area contributed by atoms with Crippen LogP contribution in [-0.4, -0.2) is 9.78 Å².